The minimum Gasteiger partial charge on any atom is -0.497 e. The second kappa shape index (κ2) is 5.41. The van der Waals surface area contributed by atoms with Gasteiger partial charge in [-0.05, 0) is 54.4 Å². The zero-order chi connectivity index (χ0) is 15.1. The van der Waals surface area contributed by atoms with Gasteiger partial charge in [0.05, 0.1) is 18.8 Å². The minimum absolute atomic E-state index is 0.163. The molecule has 0 radical (unpaired) electrons. The van der Waals surface area contributed by atoms with Crippen LogP contribution in [-0.4, -0.2) is 19.4 Å². The molecule has 1 N–H and O–H groups in total. The van der Waals surface area contributed by atoms with Crippen molar-refractivity contribution in [1.82, 2.24) is 5.32 Å². The van der Waals surface area contributed by atoms with Gasteiger partial charge in [0.2, 0.25) is 0 Å². The number of piperidine rings is 1. The van der Waals surface area contributed by atoms with Crippen molar-refractivity contribution in [3.05, 3.63) is 58.6 Å². The van der Waals surface area contributed by atoms with E-state index < -0.39 is 0 Å². The molecule has 0 amide bonds. The number of methoxy groups -OCH3 is 1. The molecule has 2 aromatic carbocycles. The largest absolute Gasteiger partial charge is 0.497 e. The summed E-state index contributed by atoms with van der Waals surface area (Å²) in [4.78, 5) is 4.88. The van der Waals surface area contributed by atoms with Crippen molar-refractivity contribution in [2.75, 3.05) is 13.7 Å². The number of hydrogen-bond acceptors (Lipinski definition) is 3. The third-order valence-electron chi connectivity index (χ3n) is 4.50. The van der Waals surface area contributed by atoms with Crippen LogP contribution in [-0.2, 0) is 0 Å². The first-order chi connectivity index (χ1) is 10.8. The Hall–Kier alpha value is -1.84. The fourth-order valence-electron chi connectivity index (χ4n) is 3.41. The van der Waals surface area contributed by atoms with Crippen LogP contribution in [0.2, 0.25) is 5.02 Å². The van der Waals surface area contributed by atoms with E-state index in [4.69, 9.17) is 21.3 Å². The van der Waals surface area contributed by atoms with Crippen LogP contribution in [0.25, 0.3) is 0 Å². The molecule has 2 atom stereocenters. The minimum atomic E-state index is 0.163. The van der Waals surface area contributed by atoms with Crippen LogP contribution in [0, 0.1) is 0 Å². The monoisotopic (exact) mass is 312 g/mol. The predicted octanol–water partition coefficient (Wildman–Crippen LogP) is 4.25. The van der Waals surface area contributed by atoms with Gasteiger partial charge < -0.3 is 10.1 Å². The number of halogens is 1. The summed E-state index contributed by atoms with van der Waals surface area (Å²) < 4.78 is 5.24. The van der Waals surface area contributed by atoms with Crippen LogP contribution in [0.4, 0.5) is 5.69 Å². The molecule has 112 valence electrons. The van der Waals surface area contributed by atoms with Gasteiger partial charge in [0.1, 0.15) is 5.75 Å². The maximum absolute atomic E-state index is 6.16. The van der Waals surface area contributed by atoms with Crippen molar-refractivity contribution < 1.29 is 4.74 Å². The Labute approximate surface area is 135 Å². The van der Waals surface area contributed by atoms with Crippen molar-refractivity contribution in [3.8, 4) is 5.75 Å². The molecular formula is C18H17ClN2O. The molecule has 0 aromatic heterocycles. The third kappa shape index (κ3) is 2.21. The van der Waals surface area contributed by atoms with Gasteiger partial charge in [0, 0.05) is 16.7 Å². The number of rotatable bonds is 2. The molecule has 0 saturated carbocycles. The van der Waals surface area contributed by atoms with Gasteiger partial charge in [0.25, 0.3) is 0 Å². The van der Waals surface area contributed by atoms with Gasteiger partial charge in [-0.1, -0.05) is 23.7 Å². The Kier molecular flexibility index (Phi) is 3.40. The van der Waals surface area contributed by atoms with Gasteiger partial charge in [0.15, 0.2) is 0 Å². The normalized spacial score (nSPS) is 22.7. The molecule has 1 unspecified atom stereocenters. The Morgan fingerprint density at radius 2 is 2.00 bits per heavy atom. The molecule has 0 aliphatic carbocycles. The molecule has 2 aliphatic rings. The first kappa shape index (κ1) is 13.8. The van der Waals surface area contributed by atoms with Crippen LogP contribution in [0.5, 0.6) is 5.75 Å². The summed E-state index contributed by atoms with van der Waals surface area (Å²) >= 11 is 6.16. The number of nitrogens with one attached hydrogen (secondary N) is 1. The van der Waals surface area contributed by atoms with Crippen molar-refractivity contribution in [2.24, 2.45) is 4.99 Å². The summed E-state index contributed by atoms with van der Waals surface area (Å²) in [5, 5.41) is 4.38. The number of nitrogens with zero attached hydrogens (tertiary/aromatic N) is 1. The van der Waals surface area contributed by atoms with E-state index in [2.05, 4.69) is 23.5 Å². The number of hydrogen-bond donors (Lipinski definition) is 1. The topological polar surface area (TPSA) is 33.6 Å². The average Bonchev–Trinajstić information content (AvgIpc) is 2.93. The fraction of sp³-hybridized carbons (Fsp3) is 0.278. The molecule has 4 heteroatoms. The van der Waals surface area contributed by atoms with E-state index in [0.29, 0.717) is 5.92 Å². The smallest absolute Gasteiger partial charge is 0.118 e. The maximum atomic E-state index is 6.16. The summed E-state index contributed by atoms with van der Waals surface area (Å²) in [6, 6.07) is 14.4. The van der Waals surface area contributed by atoms with Crippen molar-refractivity contribution in [1.29, 1.82) is 0 Å². The number of benzene rings is 2. The van der Waals surface area contributed by atoms with E-state index >= 15 is 0 Å². The summed E-state index contributed by atoms with van der Waals surface area (Å²) in [7, 11) is 1.69. The van der Waals surface area contributed by atoms with Crippen molar-refractivity contribution in [3.63, 3.8) is 0 Å². The van der Waals surface area contributed by atoms with Gasteiger partial charge in [-0.3, -0.25) is 4.99 Å². The zero-order valence-corrected chi connectivity index (χ0v) is 13.1. The van der Waals surface area contributed by atoms with Crippen LogP contribution < -0.4 is 10.1 Å². The lowest BCUT2D eigenvalue weighted by atomic mass is 9.84. The average molecular weight is 313 g/mol. The lowest BCUT2D eigenvalue weighted by molar-refractivity contribution is 0.414. The van der Waals surface area contributed by atoms with Gasteiger partial charge >= 0.3 is 0 Å². The number of fused-ring (bicyclic) bond motifs is 3. The molecular weight excluding hydrogens is 296 g/mol. The molecule has 2 aliphatic heterocycles. The Morgan fingerprint density at radius 3 is 2.77 bits per heavy atom. The lowest BCUT2D eigenvalue weighted by Gasteiger charge is -2.30. The van der Waals surface area contributed by atoms with Gasteiger partial charge in [-0.15, -0.1) is 0 Å². The molecule has 0 spiro atoms. The van der Waals surface area contributed by atoms with E-state index in [0.717, 1.165) is 29.4 Å². The second-order valence-electron chi connectivity index (χ2n) is 5.74. The van der Waals surface area contributed by atoms with E-state index in [1.807, 2.05) is 24.3 Å². The maximum Gasteiger partial charge on any atom is 0.118 e. The van der Waals surface area contributed by atoms with Gasteiger partial charge in [-0.2, -0.15) is 0 Å². The SMILES string of the molecule is COc1ccc([C@@H]2NCCC3C2=Nc2ccc(Cl)cc23)cc1. The predicted molar refractivity (Wildman–Crippen MR) is 89.6 cm³/mol. The van der Waals surface area contributed by atoms with Crippen LogP contribution in [0.1, 0.15) is 29.5 Å². The molecule has 2 aromatic rings. The summed E-state index contributed by atoms with van der Waals surface area (Å²) in [6.07, 6.45) is 1.07. The summed E-state index contributed by atoms with van der Waals surface area (Å²) in [5.41, 5.74) is 4.76. The Balaban J connectivity index is 1.71. The molecule has 0 bridgehead atoms. The first-order valence-electron chi connectivity index (χ1n) is 7.51. The molecule has 1 fully saturated rings. The third-order valence-corrected chi connectivity index (χ3v) is 4.73. The van der Waals surface area contributed by atoms with Crippen LogP contribution in [0.3, 0.4) is 0 Å². The number of aliphatic imine (C=N–C) groups is 1. The lowest BCUT2D eigenvalue weighted by Crippen LogP contribution is -2.37. The zero-order valence-electron chi connectivity index (χ0n) is 12.3. The van der Waals surface area contributed by atoms with E-state index in [1.165, 1.54) is 16.8 Å². The molecule has 3 nitrogen and oxygen atoms in total. The molecule has 4 rings (SSSR count). The molecule has 1 saturated heterocycles. The second-order valence-corrected chi connectivity index (χ2v) is 6.18. The highest BCUT2D eigenvalue weighted by atomic mass is 35.5. The van der Waals surface area contributed by atoms with Gasteiger partial charge in [-0.25, -0.2) is 0 Å². The fourth-order valence-corrected chi connectivity index (χ4v) is 3.59. The van der Waals surface area contributed by atoms with Crippen LogP contribution >= 0.6 is 11.6 Å². The Morgan fingerprint density at radius 1 is 1.18 bits per heavy atom. The number of ether oxygens (including phenoxy) is 1. The van der Waals surface area contributed by atoms with Crippen molar-refractivity contribution >= 4 is 23.0 Å². The van der Waals surface area contributed by atoms with E-state index in [9.17, 15) is 0 Å². The molecule has 2 heterocycles. The van der Waals surface area contributed by atoms with E-state index in [-0.39, 0.29) is 6.04 Å². The molecule has 22 heavy (non-hydrogen) atoms. The summed E-state index contributed by atoms with van der Waals surface area (Å²) in [5.74, 6) is 1.25. The van der Waals surface area contributed by atoms with Crippen LogP contribution in [0.15, 0.2) is 47.5 Å². The highest BCUT2D eigenvalue weighted by Gasteiger charge is 2.36. The standard InChI is InChI=1S/C18H17ClN2O/c1-22-13-5-2-11(3-6-13)17-18-14(8-9-20-17)15-10-12(19)4-7-16(15)21-18/h2-7,10,14,17,20H,8-9H2,1H3/t14?,17-/m0/s1. The highest BCUT2D eigenvalue weighted by Crippen LogP contribution is 2.44. The van der Waals surface area contributed by atoms with Crippen molar-refractivity contribution in [2.45, 2.75) is 18.4 Å². The first-order valence-corrected chi connectivity index (χ1v) is 7.89. The highest BCUT2D eigenvalue weighted by molar-refractivity contribution is 6.30. The Bertz CT molecular complexity index is 739. The van der Waals surface area contributed by atoms with E-state index in [1.54, 1.807) is 7.11 Å². The summed E-state index contributed by atoms with van der Waals surface area (Å²) in [6.45, 7) is 0.979. The quantitative estimate of drug-likeness (QED) is 0.899.